The molecular formula is C20H23ClN4O2S. The standard InChI is InChI=1S/C20H23ClN4O2S/c1-13-17(18(26)22-12-11-14-5-3-2-4-6-14)28-20(23-13)25-19(27)24-16-9-7-15(21)8-10-16/h5,7-10H,2-4,6,11-12H2,1H3,(H,22,26)(H2,23,24,25,27). The van der Waals surface area contributed by atoms with Crippen molar-refractivity contribution in [3.8, 4) is 0 Å². The lowest BCUT2D eigenvalue weighted by Gasteiger charge is -2.12. The van der Waals surface area contributed by atoms with E-state index in [9.17, 15) is 9.59 Å². The van der Waals surface area contributed by atoms with Gasteiger partial charge in [0.15, 0.2) is 5.13 Å². The van der Waals surface area contributed by atoms with Crippen molar-refractivity contribution in [3.05, 3.63) is 51.5 Å². The third kappa shape index (κ3) is 5.81. The molecule has 1 aliphatic rings. The summed E-state index contributed by atoms with van der Waals surface area (Å²) in [5.41, 5.74) is 2.64. The number of nitrogens with zero attached hydrogens (tertiary/aromatic N) is 1. The van der Waals surface area contributed by atoms with E-state index in [1.807, 2.05) is 0 Å². The van der Waals surface area contributed by atoms with Crippen molar-refractivity contribution < 1.29 is 9.59 Å². The lowest BCUT2D eigenvalue weighted by molar-refractivity contribution is 0.0957. The molecule has 0 radical (unpaired) electrons. The van der Waals surface area contributed by atoms with Gasteiger partial charge in [-0.2, -0.15) is 0 Å². The second kappa shape index (κ2) is 9.71. The van der Waals surface area contributed by atoms with Crippen LogP contribution in [0.1, 0.15) is 47.5 Å². The van der Waals surface area contributed by atoms with Crippen LogP contribution in [-0.2, 0) is 0 Å². The summed E-state index contributed by atoms with van der Waals surface area (Å²) in [4.78, 5) is 29.3. The number of rotatable bonds is 6. The van der Waals surface area contributed by atoms with Gasteiger partial charge < -0.3 is 10.6 Å². The van der Waals surface area contributed by atoms with Crippen LogP contribution in [-0.4, -0.2) is 23.5 Å². The number of aromatic nitrogens is 1. The number of anilines is 2. The molecule has 2 aromatic rings. The summed E-state index contributed by atoms with van der Waals surface area (Å²) in [5.74, 6) is -0.155. The topological polar surface area (TPSA) is 83.1 Å². The number of halogens is 1. The molecule has 1 aliphatic carbocycles. The maximum absolute atomic E-state index is 12.4. The van der Waals surface area contributed by atoms with E-state index in [1.54, 1.807) is 31.2 Å². The molecule has 0 spiro atoms. The van der Waals surface area contributed by atoms with Crippen LogP contribution < -0.4 is 16.0 Å². The molecular weight excluding hydrogens is 396 g/mol. The Kier molecular flexibility index (Phi) is 7.06. The number of amides is 3. The number of hydrogen-bond acceptors (Lipinski definition) is 4. The van der Waals surface area contributed by atoms with Gasteiger partial charge in [0, 0.05) is 17.3 Å². The molecule has 0 atom stereocenters. The maximum atomic E-state index is 12.4. The molecule has 0 saturated carbocycles. The first kappa shape index (κ1) is 20.4. The first-order valence-corrected chi connectivity index (χ1v) is 10.5. The molecule has 3 rings (SSSR count). The third-order valence-electron chi connectivity index (χ3n) is 4.44. The molecule has 3 amide bonds. The summed E-state index contributed by atoms with van der Waals surface area (Å²) in [5, 5.41) is 9.28. The Morgan fingerprint density at radius 2 is 1.96 bits per heavy atom. The summed E-state index contributed by atoms with van der Waals surface area (Å²) < 4.78 is 0. The van der Waals surface area contributed by atoms with E-state index in [0.29, 0.717) is 33.0 Å². The molecule has 0 bridgehead atoms. The second-order valence-electron chi connectivity index (χ2n) is 6.63. The third-order valence-corrected chi connectivity index (χ3v) is 5.77. The van der Waals surface area contributed by atoms with Crippen LogP contribution in [0.4, 0.5) is 15.6 Å². The van der Waals surface area contributed by atoms with Crippen LogP contribution in [0.5, 0.6) is 0 Å². The monoisotopic (exact) mass is 418 g/mol. The highest BCUT2D eigenvalue weighted by Gasteiger charge is 2.16. The highest BCUT2D eigenvalue weighted by atomic mass is 35.5. The minimum atomic E-state index is -0.424. The van der Waals surface area contributed by atoms with E-state index in [2.05, 4.69) is 27.0 Å². The van der Waals surface area contributed by atoms with Crippen LogP contribution >= 0.6 is 22.9 Å². The molecule has 3 N–H and O–H groups in total. The summed E-state index contributed by atoms with van der Waals surface area (Å²) >= 11 is 6.99. The zero-order chi connectivity index (χ0) is 19.9. The number of benzene rings is 1. The maximum Gasteiger partial charge on any atom is 0.325 e. The van der Waals surface area contributed by atoms with E-state index < -0.39 is 6.03 Å². The SMILES string of the molecule is Cc1nc(NC(=O)Nc2ccc(Cl)cc2)sc1C(=O)NCCC1=CCCCC1. The molecule has 1 heterocycles. The predicted octanol–water partition coefficient (Wildman–Crippen LogP) is 5.37. The van der Waals surface area contributed by atoms with E-state index in [-0.39, 0.29) is 5.91 Å². The van der Waals surface area contributed by atoms with Gasteiger partial charge >= 0.3 is 6.03 Å². The van der Waals surface area contributed by atoms with Crippen molar-refractivity contribution >= 4 is 45.7 Å². The summed E-state index contributed by atoms with van der Waals surface area (Å²) in [6.07, 6.45) is 7.95. The van der Waals surface area contributed by atoms with Gasteiger partial charge in [0.25, 0.3) is 5.91 Å². The van der Waals surface area contributed by atoms with Crippen molar-refractivity contribution in [2.24, 2.45) is 0 Å². The van der Waals surface area contributed by atoms with E-state index in [1.165, 1.54) is 18.4 Å². The van der Waals surface area contributed by atoms with Crippen molar-refractivity contribution in [1.82, 2.24) is 10.3 Å². The highest BCUT2D eigenvalue weighted by molar-refractivity contribution is 7.17. The molecule has 1 aromatic heterocycles. The normalized spacial score (nSPS) is 13.6. The number of carbonyl (C=O) groups excluding carboxylic acids is 2. The number of carbonyl (C=O) groups is 2. The smallest absolute Gasteiger partial charge is 0.325 e. The molecule has 0 aliphatic heterocycles. The highest BCUT2D eigenvalue weighted by Crippen LogP contribution is 2.23. The van der Waals surface area contributed by atoms with Gasteiger partial charge in [0.1, 0.15) is 4.88 Å². The van der Waals surface area contributed by atoms with E-state index >= 15 is 0 Å². The fourth-order valence-electron chi connectivity index (χ4n) is 3.00. The molecule has 8 heteroatoms. The Morgan fingerprint density at radius 3 is 2.68 bits per heavy atom. The number of nitrogens with one attached hydrogen (secondary N) is 3. The van der Waals surface area contributed by atoms with Crippen molar-refractivity contribution in [1.29, 1.82) is 0 Å². The van der Waals surface area contributed by atoms with Crippen LogP contribution in [0.25, 0.3) is 0 Å². The summed E-state index contributed by atoms with van der Waals surface area (Å²) in [6.45, 7) is 2.37. The Bertz CT molecular complexity index is 877. The summed E-state index contributed by atoms with van der Waals surface area (Å²) in [7, 11) is 0. The van der Waals surface area contributed by atoms with Crippen LogP contribution in [0.3, 0.4) is 0 Å². The lowest BCUT2D eigenvalue weighted by Crippen LogP contribution is -2.24. The Morgan fingerprint density at radius 1 is 1.18 bits per heavy atom. The lowest BCUT2D eigenvalue weighted by atomic mass is 9.97. The first-order valence-electron chi connectivity index (χ1n) is 9.28. The minimum Gasteiger partial charge on any atom is -0.351 e. The molecule has 0 fully saturated rings. The fourth-order valence-corrected chi connectivity index (χ4v) is 4.01. The van der Waals surface area contributed by atoms with Crippen LogP contribution in [0.2, 0.25) is 5.02 Å². The number of aryl methyl sites for hydroxylation is 1. The van der Waals surface area contributed by atoms with Gasteiger partial charge in [-0.05, 0) is 63.3 Å². The van der Waals surface area contributed by atoms with Gasteiger partial charge in [-0.15, -0.1) is 0 Å². The van der Waals surface area contributed by atoms with Gasteiger partial charge in [0.05, 0.1) is 5.69 Å². The first-order chi connectivity index (χ1) is 13.5. The van der Waals surface area contributed by atoms with E-state index in [4.69, 9.17) is 11.6 Å². The van der Waals surface area contributed by atoms with Crippen molar-refractivity contribution in [3.63, 3.8) is 0 Å². The summed E-state index contributed by atoms with van der Waals surface area (Å²) in [6, 6.07) is 6.37. The zero-order valence-electron chi connectivity index (χ0n) is 15.7. The van der Waals surface area contributed by atoms with Crippen molar-refractivity contribution in [2.45, 2.75) is 39.0 Å². The van der Waals surface area contributed by atoms with Gasteiger partial charge in [-0.1, -0.05) is 34.6 Å². The number of urea groups is 1. The number of allylic oxidation sites excluding steroid dienone is 1. The molecule has 148 valence electrons. The van der Waals surface area contributed by atoms with Gasteiger partial charge in [-0.25, -0.2) is 9.78 Å². The van der Waals surface area contributed by atoms with Gasteiger partial charge in [-0.3, -0.25) is 10.1 Å². The zero-order valence-corrected chi connectivity index (χ0v) is 17.3. The Labute approximate surface area is 173 Å². The quantitative estimate of drug-likeness (QED) is 0.551. The van der Waals surface area contributed by atoms with Crippen molar-refractivity contribution in [2.75, 3.05) is 17.2 Å². The molecule has 0 unspecified atom stereocenters. The molecule has 28 heavy (non-hydrogen) atoms. The minimum absolute atomic E-state index is 0.155. The fraction of sp³-hybridized carbons (Fsp3) is 0.350. The second-order valence-corrected chi connectivity index (χ2v) is 8.07. The van der Waals surface area contributed by atoms with E-state index in [0.717, 1.165) is 30.6 Å². The molecule has 1 aromatic carbocycles. The largest absolute Gasteiger partial charge is 0.351 e. The average Bonchev–Trinajstić information content (AvgIpc) is 3.04. The Balaban J connectivity index is 1.51. The van der Waals surface area contributed by atoms with Crippen LogP contribution in [0.15, 0.2) is 35.9 Å². The molecule has 6 nitrogen and oxygen atoms in total. The van der Waals surface area contributed by atoms with Crippen LogP contribution in [0, 0.1) is 6.92 Å². The molecule has 0 saturated heterocycles. The number of hydrogen-bond donors (Lipinski definition) is 3. The average molecular weight is 419 g/mol. The van der Waals surface area contributed by atoms with Gasteiger partial charge in [0.2, 0.25) is 0 Å². The predicted molar refractivity (Wildman–Crippen MR) is 114 cm³/mol. The number of thiazole rings is 1. The Hall–Kier alpha value is -2.38.